The predicted octanol–water partition coefficient (Wildman–Crippen LogP) is 1.32. The summed E-state index contributed by atoms with van der Waals surface area (Å²) in [6, 6.07) is 10.3. The predicted molar refractivity (Wildman–Crippen MR) is 70.0 cm³/mol. The highest BCUT2D eigenvalue weighted by Crippen LogP contribution is 2.32. The molecule has 1 saturated heterocycles. The Labute approximate surface area is 108 Å². The van der Waals surface area contributed by atoms with Crippen molar-refractivity contribution in [2.45, 2.75) is 25.0 Å². The van der Waals surface area contributed by atoms with E-state index < -0.39 is 6.10 Å². The van der Waals surface area contributed by atoms with Gasteiger partial charge in [0.05, 0.1) is 6.04 Å². The number of carbonyl (C=O) groups is 1. The number of nitrogens with two attached hydrogens (primary N) is 1. The van der Waals surface area contributed by atoms with Crippen molar-refractivity contribution in [1.82, 2.24) is 4.90 Å². The fourth-order valence-corrected chi connectivity index (χ4v) is 2.54. The highest BCUT2D eigenvalue weighted by atomic mass is 16.5. The van der Waals surface area contributed by atoms with Crippen LogP contribution in [0.5, 0.6) is 0 Å². The van der Waals surface area contributed by atoms with E-state index >= 15 is 0 Å². The Hall–Kier alpha value is -1.39. The molecule has 2 unspecified atom stereocenters. The van der Waals surface area contributed by atoms with Gasteiger partial charge in [-0.15, -0.1) is 0 Å². The van der Waals surface area contributed by atoms with Crippen LogP contribution in [0, 0.1) is 0 Å². The molecule has 2 N–H and O–H groups in total. The minimum atomic E-state index is -0.519. The smallest absolute Gasteiger partial charge is 0.253 e. The van der Waals surface area contributed by atoms with Crippen LogP contribution in [0.2, 0.25) is 0 Å². The van der Waals surface area contributed by atoms with E-state index in [-0.39, 0.29) is 18.5 Å². The molecule has 1 fully saturated rings. The molecule has 1 aliphatic heterocycles. The van der Waals surface area contributed by atoms with Crippen molar-refractivity contribution < 1.29 is 9.53 Å². The Bertz CT molecular complexity index is 390. The Morgan fingerprint density at radius 3 is 2.83 bits per heavy atom. The van der Waals surface area contributed by atoms with Crippen molar-refractivity contribution in [1.29, 1.82) is 0 Å². The molecule has 0 radical (unpaired) electrons. The minimum Gasteiger partial charge on any atom is -0.370 e. The third-order valence-corrected chi connectivity index (χ3v) is 3.49. The quantitative estimate of drug-likeness (QED) is 0.874. The summed E-state index contributed by atoms with van der Waals surface area (Å²) in [4.78, 5) is 14.2. The number of benzene rings is 1. The topological polar surface area (TPSA) is 55.6 Å². The number of methoxy groups -OCH3 is 1. The van der Waals surface area contributed by atoms with Gasteiger partial charge in [-0.05, 0) is 18.4 Å². The van der Waals surface area contributed by atoms with Gasteiger partial charge in [0.2, 0.25) is 0 Å². The van der Waals surface area contributed by atoms with Crippen LogP contribution in [0.1, 0.15) is 24.4 Å². The van der Waals surface area contributed by atoms with Gasteiger partial charge in [-0.1, -0.05) is 30.3 Å². The zero-order chi connectivity index (χ0) is 13.0. The second-order valence-electron chi connectivity index (χ2n) is 4.56. The molecule has 1 aliphatic rings. The van der Waals surface area contributed by atoms with Gasteiger partial charge in [-0.3, -0.25) is 4.79 Å². The van der Waals surface area contributed by atoms with Crippen LogP contribution >= 0.6 is 0 Å². The standard InChI is InChI=1S/C14H20N2O2/c1-18-13(10-15)14(17)16-9-5-8-12(16)11-6-3-2-4-7-11/h2-4,6-7,12-13H,5,8-10,15H2,1H3. The summed E-state index contributed by atoms with van der Waals surface area (Å²) in [5.41, 5.74) is 6.75. The summed E-state index contributed by atoms with van der Waals surface area (Å²) in [6.07, 6.45) is 1.53. The summed E-state index contributed by atoms with van der Waals surface area (Å²) in [5.74, 6) is 0.00588. The first-order valence-electron chi connectivity index (χ1n) is 6.36. The number of carbonyl (C=O) groups excluding carboxylic acids is 1. The molecule has 98 valence electrons. The SMILES string of the molecule is COC(CN)C(=O)N1CCCC1c1ccccc1. The van der Waals surface area contributed by atoms with Crippen molar-refractivity contribution in [2.24, 2.45) is 5.73 Å². The number of ether oxygens (including phenoxy) is 1. The van der Waals surface area contributed by atoms with Gasteiger partial charge in [0.25, 0.3) is 5.91 Å². The van der Waals surface area contributed by atoms with Crippen molar-refractivity contribution in [3.8, 4) is 0 Å². The van der Waals surface area contributed by atoms with E-state index in [0.717, 1.165) is 19.4 Å². The summed E-state index contributed by atoms with van der Waals surface area (Å²) in [7, 11) is 1.53. The molecule has 1 heterocycles. The molecule has 1 aromatic carbocycles. The third-order valence-electron chi connectivity index (χ3n) is 3.49. The molecule has 4 heteroatoms. The lowest BCUT2D eigenvalue weighted by molar-refractivity contribution is -0.142. The van der Waals surface area contributed by atoms with Crippen molar-refractivity contribution in [3.63, 3.8) is 0 Å². The Balaban J connectivity index is 2.15. The van der Waals surface area contributed by atoms with Gasteiger partial charge in [0.1, 0.15) is 6.10 Å². The van der Waals surface area contributed by atoms with E-state index in [4.69, 9.17) is 10.5 Å². The molecule has 2 rings (SSSR count). The maximum absolute atomic E-state index is 12.3. The molecule has 1 aromatic rings. The van der Waals surface area contributed by atoms with Gasteiger partial charge in [0.15, 0.2) is 0 Å². The Morgan fingerprint density at radius 2 is 2.22 bits per heavy atom. The van der Waals surface area contributed by atoms with Crippen molar-refractivity contribution in [3.05, 3.63) is 35.9 Å². The number of hydrogen-bond donors (Lipinski definition) is 1. The molecule has 4 nitrogen and oxygen atoms in total. The molecular weight excluding hydrogens is 228 g/mol. The summed E-state index contributed by atoms with van der Waals surface area (Å²) >= 11 is 0. The minimum absolute atomic E-state index is 0.00588. The maximum atomic E-state index is 12.3. The zero-order valence-corrected chi connectivity index (χ0v) is 10.7. The lowest BCUT2D eigenvalue weighted by Crippen LogP contribution is -2.43. The fraction of sp³-hybridized carbons (Fsp3) is 0.500. The first-order chi connectivity index (χ1) is 8.77. The summed E-state index contributed by atoms with van der Waals surface area (Å²) in [5, 5.41) is 0. The van der Waals surface area contributed by atoms with Gasteiger partial charge >= 0.3 is 0 Å². The third kappa shape index (κ3) is 2.54. The lowest BCUT2D eigenvalue weighted by Gasteiger charge is -2.28. The first kappa shape index (κ1) is 13.1. The molecular formula is C14H20N2O2. The van der Waals surface area contributed by atoms with Crippen LogP contribution in [-0.2, 0) is 9.53 Å². The van der Waals surface area contributed by atoms with Crippen molar-refractivity contribution in [2.75, 3.05) is 20.2 Å². The molecule has 1 amide bonds. The highest BCUT2D eigenvalue weighted by Gasteiger charge is 2.33. The average Bonchev–Trinajstić information content (AvgIpc) is 2.90. The molecule has 0 bridgehead atoms. The van der Waals surface area contributed by atoms with E-state index in [1.165, 1.54) is 12.7 Å². The maximum Gasteiger partial charge on any atom is 0.253 e. The Kier molecular flexibility index (Phi) is 4.33. The lowest BCUT2D eigenvalue weighted by atomic mass is 10.0. The second kappa shape index (κ2) is 5.98. The zero-order valence-electron chi connectivity index (χ0n) is 10.7. The first-order valence-corrected chi connectivity index (χ1v) is 6.36. The van der Waals surface area contributed by atoms with Crippen LogP contribution in [0.15, 0.2) is 30.3 Å². The number of rotatable bonds is 4. The van der Waals surface area contributed by atoms with E-state index in [0.29, 0.717) is 0 Å². The molecule has 0 aliphatic carbocycles. The van der Waals surface area contributed by atoms with Crippen molar-refractivity contribution >= 4 is 5.91 Å². The number of nitrogens with zero attached hydrogens (tertiary/aromatic N) is 1. The fourth-order valence-electron chi connectivity index (χ4n) is 2.54. The molecule has 0 aromatic heterocycles. The largest absolute Gasteiger partial charge is 0.370 e. The average molecular weight is 248 g/mol. The van der Waals surface area contributed by atoms with Crippen LogP contribution < -0.4 is 5.73 Å². The molecule has 2 atom stereocenters. The van der Waals surface area contributed by atoms with E-state index in [1.807, 2.05) is 23.1 Å². The summed E-state index contributed by atoms with van der Waals surface area (Å²) in [6.45, 7) is 1.02. The molecule has 0 saturated carbocycles. The molecule has 0 spiro atoms. The number of hydrogen-bond acceptors (Lipinski definition) is 3. The molecule has 18 heavy (non-hydrogen) atoms. The highest BCUT2D eigenvalue weighted by molar-refractivity contribution is 5.82. The van der Waals surface area contributed by atoms with Gasteiger partial charge in [-0.25, -0.2) is 0 Å². The number of likely N-dealkylation sites (tertiary alicyclic amines) is 1. The van der Waals surface area contributed by atoms with E-state index in [9.17, 15) is 4.79 Å². The van der Waals surface area contributed by atoms with E-state index in [1.54, 1.807) is 0 Å². The number of amides is 1. The summed E-state index contributed by atoms with van der Waals surface area (Å²) < 4.78 is 5.14. The van der Waals surface area contributed by atoms with Gasteiger partial charge < -0.3 is 15.4 Å². The van der Waals surface area contributed by atoms with Crippen LogP contribution in [0.3, 0.4) is 0 Å². The van der Waals surface area contributed by atoms with Gasteiger partial charge in [0, 0.05) is 20.2 Å². The van der Waals surface area contributed by atoms with Crippen LogP contribution in [-0.4, -0.2) is 37.1 Å². The van der Waals surface area contributed by atoms with Gasteiger partial charge in [-0.2, -0.15) is 0 Å². The van der Waals surface area contributed by atoms with E-state index in [2.05, 4.69) is 12.1 Å². The monoisotopic (exact) mass is 248 g/mol. The van der Waals surface area contributed by atoms with Crippen LogP contribution in [0.25, 0.3) is 0 Å². The van der Waals surface area contributed by atoms with Crippen LogP contribution in [0.4, 0.5) is 0 Å². The second-order valence-corrected chi connectivity index (χ2v) is 4.56. The normalized spacial score (nSPS) is 21.0. The Morgan fingerprint density at radius 1 is 1.50 bits per heavy atom.